The maximum Gasteiger partial charge on any atom is 0.194 e. The van der Waals surface area contributed by atoms with Crippen molar-refractivity contribution in [3.63, 3.8) is 0 Å². The first kappa shape index (κ1) is 11.6. The SMILES string of the molecule is Cc1sccc1C(=O)c1ccc(Cl)c(Cl)c1. The number of benzene rings is 1. The molecule has 1 heterocycles. The Labute approximate surface area is 108 Å². The Bertz CT molecular complexity index is 546. The van der Waals surface area contributed by atoms with E-state index in [-0.39, 0.29) is 5.78 Å². The molecule has 1 aromatic carbocycles. The van der Waals surface area contributed by atoms with Crippen LogP contribution in [-0.4, -0.2) is 5.78 Å². The van der Waals surface area contributed by atoms with Gasteiger partial charge in [-0.15, -0.1) is 11.3 Å². The third-order valence-electron chi connectivity index (χ3n) is 2.29. The highest BCUT2D eigenvalue weighted by Gasteiger charge is 2.13. The Morgan fingerprint density at radius 2 is 1.94 bits per heavy atom. The quantitative estimate of drug-likeness (QED) is 0.730. The van der Waals surface area contributed by atoms with E-state index in [2.05, 4.69) is 0 Å². The molecule has 0 unspecified atom stereocenters. The van der Waals surface area contributed by atoms with Gasteiger partial charge in [0.05, 0.1) is 10.0 Å². The van der Waals surface area contributed by atoms with Crippen LogP contribution in [0.15, 0.2) is 29.6 Å². The van der Waals surface area contributed by atoms with Crippen molar-refractivity contribution in [3.8, 4) is 0 Å². The van der Waals surface area contributed by atoms with Crippen molar-refractivity contribution in [1.29, 1.82) is 0 Å². The molecule has 1 nitrogen and oxygen atoms in total. The molecular formula is C12H8Cl2OS. The molecular weight excluding hydrogens is 263 g/mol. The minimum atomic E-state index is -0.0164. The van der Waals surface area contributed by atoms with Crippen LogP contribution in [0.5, 0.6) is 0 Å². The summed E-state index contributed by atoms with van der Waals surface area (Å²) in [6.45, 7) is 1.93. The Morgan fingerprint density at radius 3 is 2.50 bits per heavy atom. The van der Waals surface area contributed by atoms with E-state index in [0.717, 1.165) is 10.4 Å². The van der Waals surface area contributed by atoms with Gasteiger partial charge in [-0.25, -0.2) is 0 Å². The lowest BCUT2D eigenvalue weighted by molar-refractivity contribution is 0.103. The molecule has 0 atom stereocenters. The van der Waals surface area contributed by atoms with Crippen molar-refractivity contribution in [3.05, 3.63) is 55.7 Å². The fourth-order valence-corrected chi connectivity index (χ4v) is 2.41. The van der Waals surface area contributed by atoms with Crippen molar-refractivity contribution in [1.82, 2.24) is 0 Å². The fraction of sp³-hybridized carbons (Fsp3) is 0.0833. The first-order valence-electron chi connectivity index (χ1n) is 4.63. The minimum absolute atomic E-state index is 0.0164. The number of hydrogen-bond donors (Lipinski definition) is 0. The van der Waals surface area contributed by atoms with E-state index in [9.17, 15) is 4.79 Å². The summed E-state index contributed by atoms with van der Waals surface area (Å²) in [6.07, 6.45) is 0. The predicted molar refractivity (Wildman–Crippen MR) is 69.0 cm³/mol. The molecule has 2 rings (SSSR count). The number of ketones is 1. The Morgan fingerprint density at radius 1 is 1.19 bits per heavy atom. The predicted octanol–water partition coefficient (Wildman–Crippen LogP) is 4.59. The van der Waals surface area contributed by atoms with Crippen molar-refractivity contribution < 1.29 is 4.79 Å². The van der Waals surface area contributed by atoms with Crippen LogP contribution in [0.2, 0.25) is 10.0 Å². The second-order valence-corrected chi connectivity index (χ2v) is 5.28. The number of carbonyl (C=O) groups is 1. The number of hydrogen-bond acceptors (Lipinski definition) is 2. The van der Waals surface area contributed by atoms with Crippen molar-refractivity contribution in [2.24, 2.45) is 0 Å². The van der Waals surface area contributed by atoms with E-state index in [1.807, 2.05) is 18.4 Å². The summed E-state index contributed by atoms with van der Waals surface area (Å²) in [5.41, 5.74) is 1.29. The molecule has 0 saturated carbocycles. The van der Waals surface area contributed by atoms with E-state index in [4.69, 9.17) is 23.2 Å². The minimum Gasteiger partial charge on any atom is -0.289 e. The summed E-state index contributed by atoms with van der Waals surface area (Å²) >= 11 is 13.2. The number of halogens is 2. The summed E-state index contributed by atoms with van der Waals surface area (Å²) in [4.78, 5) is 13.1. The molecule has 0 aliphatic heterocycles. The summed E-state index contributed by atoms with van der Waals surface area (Å²) in [6, 6.07) is 6.75. The first-order valence-corrected chi connectivity index (χ1v) is 6.27. The third-order valence-corrected chi connectivity index (χ3v) is 3.87. The zero-order valence-corrected chi connectivity index (χ0v) is 10.8. The highest BCUT2D eigenvalue weighted by atomic mass is 35.5. The molecule has 0 bridgehead atoms. The standard InChI is InChI=1S/C12H8Cl2OS/c1-7-9(4-5-16-7)12(15)8-2-3-10(13)11(14)6-8/h2-6H,1H3. The number of rotatable bonds is 2. The smallest absolute Gasteiger partial charge is 0.194 e. The molecule has 0 saturated heterocycles. The molecule has 0 radical (unpaired) electrons. The number of thiophene rings is 1. The Kier molecular flexibility index (Phi) is 3.33. The van der Waals surface area contributed by atoms with Gasteiger partial charge in [0.25, 0.3) is 0 Å². The molecule has 16 heavy (non-hydrogen) atoms. The van der Waals surface area contributed by atoms with Crippen LogP contribution in [0.4, 0.5) is 0 Å². The second kappa shape index (κ2) is 4.58. The first-order chi connectivity index (χ1) is 7.59. The maximum atomic E-state index is 12.1. The lowest BCUT2D eigenvalue weighted by atomic mass is 10.0. The van der Waals surface area contributed by atoms with Crippen LogP contribution >= 0.6 is 34.5 Å². The second-order valence-electron chi connectivity index (χ2n) is 3.35. The largest absolute Gasteiger partial charge is 0.289 e. The number of carbonyl (C=O) groups excluding carboxylic acids is 1. The van der Waals surface area contributed by atoms with Gasteiger partial charge in [-0.2, -0.15) is 0 Å². The van der Waals surface area contributed by atoms with Gasteiger partial charge in [0, 0.05) is 16.0 Å². The molecule has 82 valence electrons. The zero-order chi connectivity index (χ0) is 11.7. The van der Waals surface area contributed by atoms with Gasteiger partial charge < -0.3 is 0 Å². The van der Waals surface area contributed by atoms with Crippen LogP contribution in [0.1, 0.15) is 20.8 Å². The average molecular weight is 271 g/mol. The van der Waals surface area contributed by atoms with Crippen molar-refractivity contribution >= 4 is 40.3 Å². The van der Waals surface area contributed by atoms with Gasteiger partial charge >= 0.3 is 0 Å². The van der Waals surface area contributed by atoms with Crippen molar-refractivity contribution in [2.75, 3.05) is 0 Å². The van der Waals surface area contributed by atoms with E-state index in [1.165, 1.54) is 0 Å². The van der Waals surface area contributed by atoms with Crippen LogP contribution < -0.4 is 0 Å². The monoisotopic (exact) mass is 270 g/mol. The van der Waals surface area contributed by atoms with Crippen molar-refractivity contribution in [2.45, 2.75) is 6.92 Å². The van der Waals surface area contributed by atoms with Crippen LogP contribution in [-0.2, 0) is 0 Å². The molecule has 0 fully saturated rings. The van der Waals surface area contributed by atoms with Gasteiger partial charge in [-0.1, -0.05) is 23.2 Å². The molecule has 4 heteroatoms. The normalized spacial score (nSPS) is 10.4. The summed E-state index contributed by atoms with van der Waals surface area (Å²) in [5, 5.41) is 2.76. The van der Waals surface area contributed by atoms with Crippen LogP contribution in [0.25, 0.3) is 0 Å². The summed E-state index contributed by atoms with van der Waals surface area (Å²) < 4.78 is 0. The molecule has 0 aliphatic carbocycles. The fourth-order valence-electron chi connectivity index (χ4n) is 1.41. The Balaban J connectivity index is 2.42. The van der Waals surface area contributed by atoms with Gasteiger partial charge in [0.15, 0.2) is 5.78 Å². The van der Waals surface area contributed by atoms with Crippen LogP contribution in [0.3, 0.4) is 0 Å². The van der Waals surface area contributed by atoms with E-state index >= 15 is 0 Å². The van der Waals surface area contributed by atoms with Crippen LogP contribution in [0, 0.1) is 6.92 Å². The van der Waals surface area contributed by atoms with E-state index in [0.29, 0.717) is 15.6 Å². The molecule has 1 aromatic heterocycles. The molecule has 0 amide bonds. The lowest BCUT2D eigenvalue weighted by Crippen LogP contribution is -2.01. The molecule has 0 spiro atoms. The van der Waals surface area contributed by atoms with Gasteiger partial charge in [0.1, 0.15) is 0 Å². The summed E-state index contributed by atoms with van der Waals surface area (Å²) in [5.74, 6) is -0.0164. The highest BCUT2D eigenvalue weighted by Crippen LogP contribution is 2.25. The van der Waals surface area contributed by atoms with Gasteiger partial charge in [-0.05, 0) is 36.6 Å². The average Bonchev–Trinajstić information content (AvgIpc) is 2.67. The molecule has 0 aliphatic rings. The highest BCUT2D eigenvalue weighted by molar-refractivity contribution is 7.10. The molecule has 2 aromatic rings. The third kappa shape index (κ3) is 2.14. The Hall–Kier alpha value is -0.830. The number of aryl methyl sites for hydroxylation is 1. The van der Waals surface area contributed by atoms with E-state index < -0.39 is 0 Å². The van der Waals surface area contributed by atoms with E-state index in [1.54, 1.807) is 29.5 Å². The summed E-state index contributed by atoms with van der Waals surface area (Å²) in [7, 11) is 0. The molecule has 0 N–H and O–H groups in total. The maximum absolute atomic E-state index is 12.1. The van der Waals surface area contributed by atoms with Gasteiger partial charge in [-0.3, -0.25) is 4.79 Å². The zero-order valence-electron chi connectivity index (χ0n) is 8.46. The lowest BCUT2D eigenvalue weighted by Gasteiger charge is -2.02. The van der Waals surface area contributed by atoms with Gasteiger partial charge in [0.2, 0.25) is 0 Å². The topological polar surface area (TPSA) is 17.1 Å².